The van der Waals surface area contributed by atoms with Gasteiger partial charge < -0.3 is 14.5 Å². The average Bonchev–Trinajstić information content (AvgIpc) is 2.90. The second-order valence-electron chi connectivity index (χ2n) is 5.42. The summed E-state index contributed by atoms with van der Waals surface area (Å²) in [6.07, 6.45) is 4.00. The number of anilines is 2. The Hall–Kier alpha value is -1.11. The minimum absolute atomic E-state index is 0.0973. The van der Waals surface area contributed by atoms with E-state index in [1.165, 1.54) is 0 Å². The molecule has 6 nitrogen and oxygen atoms in total. The highest BCUT2D eigenvalue weighted by Gasteiger charge is 2.53. The maximum atomic E-state index is 5.98. The molecule has 4 heterocycles. The second-order valence-corrected chi connectivity index (χ2v) is 5.76. The second kappa shape index (κ2) is 3.94. The molecule has 7 heteroatoms. The molecule has 2 saturated heterocycles. The van der Waals surface area contributed by atoms with Crippen molar-refractivity contribution in [1.82, 2.24) is 15.3 Å². The molecule has 0 saturated carbocycles. The third-order valence-corrected chi connectivity index (χ3v) is 4.67. The molecule has 1 spiro atoms. The Kier molecular flexibility index (Phi) is 2.43. The number of hydrogen-bond donors (Lipinski definition) is 1. The van der Waals surface area contributed by atoms with Crippen LogP contribution in [0.15, 0.2) is 6.20 Å². The molecule has 0 aliphatic carbocycles. The fourth-order valence-corrected chi connectivity index (χ4v) is 3.57. The fourth-order valence-electron chi connectivity index (χ4n) is 3.44. The van der Waals surface area contributed by atoms with Crippen molar-refractivity contribution >= 4 is 23.1 Å². The number of halogens is 1. The third kappa shape index (κ3) is 1.50. The van der Waals surface area contributed by atoms with Gasteiger partial charge in [-0.15, -0.1) is 0 Å². The Morgan fingerprint density at radius 1 is 1.47 bits per heavy atom. The smallest absolute Gasteiger partial charge is 0.224 e. The molecule has 1 aromatic heterocycles. The molecule has 2 fully saturated rings. The maximum absolute atomic E-state index is 5.98. The van der Waals surface area contributed by atoms with Crippen LogP contribution in [0.3, 0.4) is 0 Å². The van der Waals surface area contributed by atoms with E-state index in [0.717, 1.165) is 44.1 Å². The molecule has 0 aromatic carbocycles. The molecule has 3 aliphatic heterocycles. The summed E-state index contributed by atoms with van der Waals surface area (Å²) in [4.78, 5) is 13.1. The van der Waals surface area contributed by atoms with Crippen molar-refractivity contribution < 1.29 is 4.74 Å². The van der Waals surface area contributed by atoms with E-state index in [4.69, 9.17) is 16.3 Å². The minimum atomic E-state index is 0.0973. The van der Waals surface area contributed by atoms with Crippen LogP contribution >= 0.6 is 11.6 Å². The first-order chi connectivity index (χ1) is 9.21. The van der Waals surface area contributed by atoms with Gasteiger partial charge in [0.25, 0.3) is 0 Å². The Morgan fingerprint density at radius 2 is 2.26 bits per heavy atom. The van der Waals surface area contributed by atoms with E-state index in [-0.39, 0.29) is 11.8 Å². The zero-order valence-electron chi connectivity index (χ0n) is 10.8. The van der Waals surface area contributed by atoms with Crippen LogP contribution in [0.1, 0.15) is 12.8 Å². The lowest BCUT2D eigenvalue weighted by Crippen LogP contribution is -2.53. The molecule has 3 aliphatic rings. The summed E-state index contributed by atoms with van der Waals surface area (Å²) in [5.74, 6) is 0.944. The standard InChI is InChI=1S/C12H16ClN5O/c1-17-8-6-14-10(13)16-9(8)18-11(17)15-7-12(18)2-4-19-5-3-12/h6,11,15H,2-5,7H2,1H3. The van der Waals surface area contributed by atoms with Crippen LogP contribution in [0.5, 0.6) is 0 Å². The summed E-state index contributed by atoms with van der Waals surface area (Å²) in [5.41, 5.74) is 1.13. The van der Waals surface area contributed by atoms with Crippen molar-refractivity contribution in [3.8, 4) is 0 Å². The van der Waals surface area contributed by atoms with Gasteiger partial charge in [-0.05, 0) is 24.4 Å². The molecule has 1 unspecified atom stereocenters. The molecule has 1 aromatic rings. The zero-order chi connectivity index (χ0) is 13.0. The molecular weight excluding hydrogens is 266 g/mol. The van der Waals surface area contributed by atoms with Gasteiger partial charge in [-0.25, -0.2) is 4.98 Å². The number of fused-ring (bicyclic) bond motifs is 4. The van der Waals surface area contributed by atoms with Gasteiger partial charge in [0.1, 0.15) is 5.69 Å². The van der Waals surface area contributed by atoms with Crippen LogP contribution in [0.4, 0.5) is 11.5 Å². The quantitative estimate of drug-likeness (QED) is 0.711. The molecule has 1 atom stereocenters. The number of aromatic nitrogens is 2. The Bertz CT molecular complexity index is 519. The van der Waals surface area contributed by atoms with E-state index in [2.05, 4.69) is 32.1 Å². The molecular formula is C12H16ClN5O. The van der Waals surface area contributed by atoms with Crippen LogP contribution < -0.4 is 15.1 Å². The fraction of sp³-hybridized carbons (Fsp3) is 0.667. The van der Waals surface area contributed by atoms with Gasteiger partial charge in [0.05, 0.1) is 11.7 Å². The summed E-state index contributed by atoms with van der Waals surface area (Å²) in [5, 5.41) is 3.89. The molecule has 4 rings (SSSR count). The van der Waals surface area contributed by atoms with Crippen LogP contribution in [-0.4, -0.2) is 48.6 Å². The van der Waals surface area contributed by atoms with Gasteiger partial charge in [0.2, 0.25) is 5.28 Å². The van der Waals surface area contributed by atoms with Crippen LogP contribution in [0.25, 0.3) is 0 Å². The van der Waals surface area contributed by atoms with Crippen molar-refractivity contribution in [3.63, 3.8) is 0 Å². The minimum Gasteiger partial charge on any atom is -0.381 e. The molecule has 0 amide bonds. The van der Waals surface area contributed by atoms with Crippen molar-refractivity contribution in [1.29, 1.82) is 0 Å². The molecule has 1 N–H and O–H groups in total. The highest BCUT2D eigenvalue weighted by atomic mass is 35.5. The Balaban J connectivity index is 1.82. The highest BCUT2D eigenvalue weighted by molar-refractivity contribution is 6.28. The van der Waals surface area contributed by atoms with Gasteiger partial charge in [-0.3, -0.25) is 5.32 Å². The number of rotatable bonds is 0. The third-order valence-electron chi connectivity index (χ3n) is 4.49. The lowest BCUT2D eigenvalue weighted by molar-refractivity contribution is 0.0578. The number of nitrogens with one attached hydrogen (secondary N) is 1. The van der Waals surface area contributed by atoms with Crippen molar-refractivity contribution in [2.75, 3.05) is 36.6 Å². The number of ether oxygens (including phenoxy) is 1. The number of nitrogens with zero attached hydrogens (tertiary/aromatic N) is 4. The van der Waals surface area contributed by atoms with E-state index >= 15 is 0 Å². The van der Waals surface area contributed by atoms with E-state index < -0.39 is 0 Å². The summed E-state index contributed by atoms with van der Waals surface area (Å²) in [7, 11) is 2.06. The van der Waals surface area contributed by atoms with Crippen molar-refractivity contribution in [2.24, 2.45) is 0 Å². The average molecular weight is 282 g/mol. The van der Waals surface area contributed by atoms with Crippen LogP contribution in [0.2, 0.25) is 5.28 Å². The van der Waals surface area contributed by atoms with Crippen LogP contribution in [0, 0.1) is 0 Å². The van der Waals surface area contributed by atoms with E-state index in [1.807, 2.05) is 0 Å². The first-order valence-electron chi connectivity index (χ1n) is 6.57. The number of hydrogen-bond acceptors (Lipinski definition) is 6. The normalized spacial score (nSPS) is 27.8. The summed E-state index contributed by atoms with van der Waals surface area (Å²) < 4.78 is 5.52. The summed E-state index contributed by atoms with van der Waals surface area (Å²) in [6, 6.07) is 0. The predicted octanol–water partition coefficient (Wildman–Crippen LogP) is 0.822. The molecule has 0 radical (unpaired) electrons. The lowest BCUT2D eigenvalue weighted by Gasteiger charge is -2.40. The molecule has 19 heavy (non-hydrogen) atoms. The SMILES string of the molecule is CN1c2cnc(Cl)nc2N2C1NCC21CCOCC1. The topological polar surface area (TPSA) is 53.5 Å². The maximum Gasteiger partial charge on any atom is 0.224 e. The summed E-state index contributed by atoms with van der Waals surface area (Å²) in [6.45, 7) is 2.58. The molecule has 0 bridgehead atoms. The van der Waals surface area contributed by atoms with Crippen LogP contribution in [-0.2, 0) is 4.74 Å². The van der Waals surface area contributed by atoms with Gasteiger partial charge in [-0.1, -0.05) is 0 Å². The van der Waals surface area contributed by atoms with E-state index in [1.54, 1.807) is 6.20 Å². The van der Waals surface area contributed by atoms with E-state index in [9.17, 15) is 0 Å². The van der Waals surface area contributed by atoms with Gasteiger partial charge >= 0.3 is 0 Å². The lowest BCUT2D eigenvalue weighted by atomic mass is 9.89. The Labute approximate surface area is 116 Å². The summed E-state index contributed by atoms with van der Waals surface area (Å²) >= 11 is 5.98. The van der Waals surface area contributed by atoms with Crippen molar-refractivity contribution in [2.45, 2.75) is 24.7 Å². The molecule has 102 valence electrons. The zero-order valence-corrected chi connectivity index (χ0v) is 11.5. The highest BCUT2D eigenvalue weighted by Crippen LogP contribution is 2.46. The van der Waals surface area contributed by atoms with Gasteiger partial charge in [-0.2, -0.15) is 4.98 Å². The van der Waals surface area contributed by atoms with Crippen molar-refractivity contribution in [3.05, 3.63) is 11.5 Å². The first-order valence-corrected chi connectivity index (χ1v) is 6.95. The van der Waals surface area contributed by atoms with Gasteiger partial charge in [0.15, 0.2) is 12.1 Å². The monoisotopic (exact) mass is 281 g/mol. The first kappa shape index (κ1) is 11.7. The largest absolute Gasteiger partial charge is 0.381 e. The van der Waals surface area contributed by atoms with Gasteiger partial charge in [0, 0.05) is 26.8 Å². The Morgan fingerprint density at radius 3 is 3.05 bits per heavy atom. The van der Waals surface area contributed by atoms with E-state index in [0.29, 0.717) is 5.28 Å². The predicted molar refractivity (Wildman–Crippen MR) is 72.5 cm³/mol.